The molecule has 3 fully saturated rings. The molecule has 154 valence electrons. The number of aliphatic hydroxyl groups is 1. The molecule has 2 N–H and O–H groups in total. The summed E-state index contributed by atoms with van der Waals surface area (Å²) in [5, 5.41) is 20.4. The molecule has 0 aromatic rings. The maximum atomic E-state index is 12.0. The summed E-state index contributed by atoms with van der Waals surface area (Å²) in [5.74, 6) is 1.20. The molecule has 4 aliphatic carbocycles. The van der Waals surface area contributed by atoms with Crippen molar-refractivity contribution in [1.29, 1.82) is 0 Å². The van der Waals surface area contributed by atoms with Crippen molar-refractivity contribution in [2.75, 3.05) is 0 Å². The molecule has 7 atom stereocenters. The number of hydrogen-bond donors (Lipinski definition) is 2. The van der Waals surface area contributed by atoms with E-state index in [-0.39, 0.29) is 28.6 Å². The number of carbonyl (C=O) groups is 2. The Morgan fingerprint density at radius 2 is 2.00 bits per heavy atom. The summed E-state index contributed by atoms with van der Waals surface area (Å²) < 4.78 is 0. The molecule has 4 nitrogen and oxygen atoms in total. The van der Waals surface area contributed by atoms with E-state index in [4.69, 9.17) is 5.11 Å². The molecule has 28 heavy (non-hydrogen) atoms. The first kappa shape index (κ1) is 19.9. The lowest BCUT2D eigenvalue weighted by molar-refractivity contribution is -0.133. The Balaban J connectivity index is 1.62. The van der Waals surface area contributed by atoms with Crippen molar-refractivity contribution in [2.45, 2.75) is 78.2 Å². The first-order valence-electron chi connectivity index (χ1n) is 11.0. The largest absolute Gasteiger partial charge is 0.478 e. The van der Waals surface area contributed by atoms with E-state index >= 15 is 0 Å². The third kappa shape index (κ3) is 2.99. The molecule has 0 bridgehead atoms. The van der Waals surface area contributed by atoms with E-state index in [1.165, 1.54) is 18.1 Å². The van der Waals surface area contributed by atoms with Gasteiger partial charge in [0.2, 0.25) is 0 Å². The molecule has 0 radical (unpaired) electrons. The van der Waals surface area contributed by atoms with E-state index in [0.29, 0.717) is 24.2 Å². The fraction of sp³-hybridized carbons (Fsp3) is 0.750. The molecule has 0 spiro atoms. The van der Waals surface area contributed by atoms with Crippen LogP contribution >= 0.6 is 0 Å². The fourth-order valence-corrected chi connectivity index (χ4v) is 7.78. The summed E-state index contributed by atoms with van der Waals surface area (Å²) in [7, 11) is 0. The Bertz CT molecular complexity index is 750. The SMILES string of the molecule is C/C(=C/C(=O)O)CC1CCC2C3CCC4=CC(=O)CCC4(C)C3C(O)CC12C. The molecule has 7 unspecified atom stereocenters. The zero-order chi connectivity index (χ0) is 20.3. The highest BCUT2D eigenvalue weighted by Gasteiger charge is 2.61. The molecule has 0 heterocycles. The van der Waals surface area contributed by atoms with Crippen LogP contribution in [0.15, 0.2) is 23.3 Å². The summed E-state index contributed by atoms with van der Waals surface area (Å²) in [6, 6.07) is 0. The van der Waals surface area contributed by atoms with Crippen molar-refractivity contribution >= 4 is 11.8 Å². The number of allylic oxidation sites excluding steroid dienone is 2. The number of carboxylic acids is 1. The topological polar surface area (TPSA) is 74.6 Å². The lowest BCUT2D eigenvalue weighted by Gasteiger charge is -2.60. The lowest BCUT2D eigenvalue weighted by atomic mass is 9.46. The summed E-state index contributed by atoms with van der Waals surface area (Å²) in [5.41, 5.74) is 2.26. The minimum atomic E-state index is -0.868. The number of rotatable bonds is 3. The number of hydrogen-bond acceptors (Lipinski definition) is 3. The molecule has 0 aromatic carbocycles. The van der Waals surface area contributed by atoms with Crippen molar-refractivity contribution in [3.8, 4) is 0 Å². The van der Waals surface area contributed by atoms with E-state index in [2.05, 4.69) is 13.8 Å². The van der Waals surface area contributed by atoms with Crippen molar-refractivity contribution < 1.29 is 19.8 Å². The first-order valence-corrected chi connectivity index (χ1v) is 11.0. The number of fused-ring (bicyclic) bond motifs is 5. The molecule has 4 heteroatoms. The van der Waals surface area contributed by atoms with Crippen LogP contribution in [0.5, 0.6) is 0 Å². The third-order valence-electron chi connectivity index (χ3n) is 9.03. The molecule has 0 saturated heterocycles. The van der Waals surface area contributed by atoms with Gasteiger partial charge in [0.15, 0.2) is 5.78 Å². The Morgan fingerprint density at radius 3 is 2.71 bits per heavy atom. The normalized spacial score (nSPS) is 45.7. The monoisotopic (exact) mass is 386 g/mol. The predicted molar refractivity (Wildman–Crippen MR) is 108 cm³/mol. The van der Waals surface area contributed by atoms with Gasteiger partial charge in [0, 0.05) is 12.5 Å². The molecule has 3 saturated carbocycles. The maximum Gasteiger partial charge on any atom is 0.328 e. The Kier molecular flexibility index (Phi) is 4.85. The van der Waals surface area contributed by atoms with E-state index < -0.39 is 5.97 Å². The molecule has 4 aliphatic rings. The second kappa shape index (κ2) is 6.83. The van der Waals surface area contributed by atoms with Gasteiger partial charge in [-0.1, -0.05) is 25.0 Å². The van der Waals surface area contributed by atoms with Gasteiger partial charge < -0.3 is 10.2 Å². The van der Waals surface area contributed by atoms with Crippen LogP contribution < -0.4 is 0 Å². The zero-order valence-electron chi connectivity index (χ0n) is 17.4. The minimum Gasteiger partial charge on any atom is -0.478 e. The van der Waals surface area contributed by atoms with Gasteiger partial charge in [-0.3, -0.25) is 4.79 Å². The van der Waals surface area contributed by atoms with Crippen molar-refractivity contribution in [3.63, 3.8) is 0 Å². The smallest absolute Gasteiger partial charge is 0.328 e. The number of carboxylic acid groups (broad SMARTS) is 1. The Morgan fingerprint density at radius 1 is 1.25 bits per heavy atom. The molecule has 0 aliphatic heterocycles. The first-order chi connectivity index (χ1) is 13.1. The minimum absolute atomic E-state index is 0.0329. The highest BCUT2D eigenvalue weighted by Crippen LogP contribution is 2.67. The maximum absolute atomic E-state index is 12.0. The Hall–Kier alpha value is -1.42. The average molecular weight is 387 g/mol. The Labute approximate surface area is 168 Å². The second-order valence-corrected chi connectivity index (χ2v) is 10.5. The van der Waals surface area contributed by atoms with E-state index in [1.807, 2.05) is 13.0 Å². The fourth-order valence-electron chi connectivity index (χ4n) is 7.78. The van der Waals surface area contributed by atoms with Gasteiger partial charge in [0.05, 0.1) is 6.10 Å². The van der Waals surface area contributed by atoms with Gasteiger partial charge >= 0.3 is 5.97 Å². The van der Waals surface area contributed by atoms with Crippen LogP contribution in [0.4, 0.5) is 0 Å². The van der Waals surface area contributed by atoms with Gasteiger partial charge in [-0.2, -0.15) is 0 Å². The highest BCUT2D eigenvalue weighted by atomic mass is 16.4. The number of carbonyl (C=O) groups excluding carboxylic acids is 1. The zero-order valence-corrected chi connectivity index (χ0v) is 17.4. The van der Waals surface area contributed by atoms with Gasteiger partial charge in [0.25, 0.3) is 0 Å². The standard InChI is InChI=1S/C24H34O4/c1-14(11-21(27)28)10-15-5-7-19-18-6-4-16-12-17(25)8-9-23(16,2)22(18)20(26)13-24(15,19)3/h11-12,15,18-20,22,26H,4-10,13H2,1-3H3,(H,27,28)/b14-11-. The summed E-state index contributed by atoms with van der Waals surface area (Å²) in [6.07, 6.45) is 10.4. The van der Waals surface area contributed by atoms with Gasteiger partial charge in [-0.15, -0.1) is 0 Å². The summed E-state index contributed by atoms with van der Waals surface area (Å²) in [4.78, 5) is 23.0. The second-order valence-electron chi connectivity index (χ2n) is 10.5. The molecular formula is C24H34O4. The molecule has 0 amide bonds. The van der Waals surface area contributed by atoms with Crippen LogP contribution in [-0.2, 0) is 9.59 Å². The van der Waals surface area contributed by atoms with Crippen LogP contribution in [0.3, 0.4) is 0 Å². The number of aliphatic carboxylic acids is 1. The lowest BCUT2D eigenvalue weighted by Crippen LogP contribution is -2.56. The van der Waals surface area contributed by atoms with Gasteiger partial charge in [-0.05, 0) is 92.4 Å². The quantitative estimate of drug-likeness (QED) is 0.699. The highest BCUT2D eigenvalue weighted by molar-refractivity contribution is 5.91. The molecular weight excluding hydrogens is 352 g/mol. The molecule has 4 rings (SSSR count). The van der Waals surface area contributed by atoms with Crippen LogP contribution in [0, 0.1) is 34.5 Å². The third-order valence-corrected chi connectivity index (χ3v) is 9.03. The van der Waals surface area contributed by atoms with Gasteiger partial charge in [0.1, 0.15) is 0 Å². The van der Waals surface area contributed by atoms with E-state index in [0.717, 1.165) is 44.1 Å². The van der Waals surface area contributed by atoms with Crippen LogP contribution in [0.2, 0.25) is 0 Å². The van der Waals surface area contributed by atoms with E-state index in [1.54, 1.807) is 0 Å². The summed E-state index contributed by atoms with van der Waals surface area (Å²) >= 11 is 0. The van der Waals surface area contributed by atoms with Crippen molar-refractivity contribution in [1.82, 2.24) is 0 Å². The van der Waals surface area contributed by atoms with E-state index in [9.17, 15) is 14.7 Å². The van der Waals surface area contributed by atoms with Crippen molar-refractivity contribution in [2.24, 2.45) is 34.5 Å². The summed E-state index contributed by atoms with van der Waals surface area (Å²) in [6.45, 7) is 6.56. The van der Waals surface area contributed by atoms with Crippen molar-refractivity contribution in [3.05, 3.63) is 23.3 Å². The van der Waals surface area contributed by atoms with Crippen LogP contribution in [0.25, 0.3) is 0 Å². The number of aliphatic hydroxyl groups excluding tert-OH is 1. The molecule has 0 aromatic heterocycles. The number of ketones is 1. The van der Waals surface area contributed by atoms with Crippen LogP contribution in [0.1, 0.15) is 72.1 Å². The van der Waals surface area contributed by atoms with Gasteiger partial charge in [-0.25, -0.2) is 4.79 Å². The average Bonchev–Trinajstić information content (AvgIpc) is 2.90. The predicted octanol–water partition coefficient (Wildman–Crippen LogP) is 4.53. The van der Waals surface area contributed by atoms with Crippen LogP contribution in [-0.4, -0.2) is 28.1 Å².